The molecule has 0 saturated heterocycles. The lowest BCUT2D eigenvalue weighted by molar-refractivity contribution is 0.133. The van der Waals surface area contributed by atoms with E-state index < -0.39 is 6.10 Å². The van der Waals surface area contributed by atoms with Crippen LogP contribution in [0.25, 0.3) is 0 Å². The van der Waals surface area contributed by atoms with Crippen molar-refractivity contribution in [3.05, 3.63) is 0 Å². The van der Waals surface area contributed by atoms with Crippen molar-refractivity contribution in [2.75, 3.05) is 5.88 Å². The highest BCUT2D eigenvalue weighted by Gasteiger charge is 2.26. The molecular weight excluding hydrogens is 342 g/mol. The Morgan fingerprint density at radius 1 is 0.769 bits per heavy atom. The number of rotatable bonds is 19. The van der Waals surface area contributed by atoms with Gasteiger partial charge >= 0.3 is 0 Å². The second-order valence-electron chi connectivity index (χ2n) is 8.95. The number of alkyl halides is 1. The molecule has 2 atom stereocenters. The molecule has 0 rings (SSSR count). The van der Waals surface area contributed by atoms with E-state index in [1.807, 2.05) is 0 Å². The summed E-state index contributed by atoms with van der Waals surface area (Å²) >= 11 is 5.75. The van der Waals surface area contributed by atoms with Crippen molar-refractivity contribution in [1.29, 1.82) is 0 Å². The fourth-order valence-electron chi connectivity index (χ4n) is 3.77. The lowest BCUT2D eigenvalue weighted by Gasteiger charge is -2.32. The topological polar surface area (TPSA) is 46.2 Å². The van der Waals surface area contributed by atoms with Crippen LogP contribution in [-0.4, -0.2) is 22.6 Å². The fourth-order valence-corrected chi connectivity index (χ4v) is 3.90. The number of hydrogen-bond acceptors (Lipinski definition) is 2. The Labute approximate surface area is 169 Å². The zero-order valence-corrected chi connectivity index (χ0v) is 18.8. The van der Waals surface area contributed by atoms with Crippen molar-refractivity contribution in [2.24, 2.45) is 11.7 Å². The molecule has 2 nitrogen and oxygen atoms in total. The van der Waals surface area contributed by atoms with Gasteiger partial charge in [0, 0.05) is 11.4 Å². The molecule has 0 fully saturated rings. The lowest BCUT2D eigenvalue weighted by atomic mass is 9.80. The third-order valence-corrected chi connectivity index (χ3v) is 6.05. The molecule has 2 unspecified atom stereocenters. The Kier molecular flexibility index (Phi) is 17.5. The number of unbranched alkanes of at least 4 members (excludes halogenated alkanes) is 13. The van der Waals surface area contributed by atoms with Crippen LogP contribution in [0.1, 0.15) is 124 Å². The summed E-state index contributed by atoms with van der Waals surface area (Å²) < 4.78 is 0. The molecule has 26 heavy (non-hydrogen) atoms. The molecule has 0 aliphatic rings. The summed E-state index contributed by atoms with van der Waals surface area (Å²) in [5.41, 5.74) is 6.05. The second kappa shape index (κ2) is 17.3. The van der Waals surface area contributed by atoms with E-state index in [1.165, 1.54) is 89.9 Å². The van der Waals surface area contributed by atoms with Gasteiger partial charge in [-0.05, 0) is 32.6 Å². The molecule has 0 bridgehead atoms. The van der Waals surface area contributed by atoms with E-state index in [2.05, 4.69) is 20.8 Å². The number of aliphatic hydroxyl groups is 1. The zero-order chi connectivity index (χ0) is 19.7. The molecule has 0 aromatic carbocycles. The first kappa shape index (κ1) is 26.2. The van der Waals surface area contributed by atoms with Crippen LogP contribution in [0.2, 0.25) is 0 Å². The second-order valence-corrected chi connectivity index (χ2v) is 9.26. The Bertz CT molecular complexity index is 290. The molecule has 3 heteroatoms. The van der Waals surface area contributed by atoms with Crippen LogP contribution in [-0.2, 0) is 0 Å². The van der Waals surface area contributed by atoms with E-state index in [0.717, 1.165) is 12.8 Å². The standard InChI is InChI=1S/C23H48ClNO/c1-4-5-6-7-8-9-10-11-12-13-14-15-16-17-18-21(23(2,3)25)19-22(26)20-24/h21-22,26H,4-20,25H2,1-3H3. The van der Waals surface area contributed by atoms with Gasteiger partial charge in [-0.3, -0.25) is 0 Å². The van der Waals surface area contributed by atoms with Crippen LogP contribution in [0.3, 0.4) is 0 Å². The first-order valence-electron chi connectivity index (χ1n) is 11.4. The lowest BCUT2D eigenvalue weighted by Crippen LogP contribution is -2.42. The van der Waals surface area contributed by atoms with E-state index in [0.29, 0.717) is 11.8 Å². The molecule has 0 aliphatic carbocycles. The highest BCUT2D eigenvalue weighted by Crippen LogP contribution is 2.26. The van der Waals surface area contributed by atoms with Crippen LogP contribution in [0.4, 0.5) is 0 Å². The predicted molar refractivity (Wildman–Crippen MR) is 118 cm³/mol. The summed E-state index contributed by atoms with van der Waals surface area (Å²) in [5, 5.41) is 9.82. The van der Waals surface area contributed by atoms with Gasteiger partial charge in [0.25, 0.3) is 0 Å². The maximum atomic E-state index is 9.82. The van der Waals surface area contributed by atoms with Gasteiger partial charge in [-0.1, -0.05) is 96.8 Å². The third-order valence-electron chi connectivity index (χ3n) is 5.69. The third kappa shape index (κ3) is 16.4. The number of nitrogens with two attached hydrogens (primary N) is 1. The van der Waals surface area contributed by atoms with Crippen molar-refractivity contribution in [3.8, 4) is 0 Å². The molecule has 0 amide bonds. The van der Waals surface area contributed by atoms with Crippen molar-refractivity contribution >= 4 is 11.6 Å². The molecule has 0 heterocycles. The van der Waals surface area contributed by atoms with E-state index in [1.54, 1.807) is 0 Å². The van der Waals surface area contributed by atoms with E-state index in [4.69, 9.17) is 17.3 Å². The van der Waals surface area contributed by atoms with Crippen LogP contribution in [0, 0.1) is 5.92 Å². The Balaban J connectivity index is 3.48. The Morgan fingerprint density at radius 2 is 1.15 bits per heavy atom. The largest absolute Gasteiger partial charge is 0.392 e. The molecule has 3 N–H and O–H groups in total. The predicted octanol–water partition coefficient (Wildman–Crippen LogP) is 7.20. The van der Waals surface area contributed by atoms with Crippen molar-refractivity contribution < 1.29 is 5.11 Å². The van der Waals surface area contributed by atoms with Gasteiger partial charge in [0.05, 0.1) is 6.10 Å². The van der Waals surface area contributed by atoms with Crippen LogP contribution in [0.5, 0.6) is 0 Å². The maximum absolute atomic E-state index is 9.82. The van der Waals surface area contributed by atoms with Crippen LogP contribution >= 0.6 is 11.6 Å². The number of aliphatic hydroxyl groups excluding tert-OH is 1. The van der Waals surface area contributed by atoms with E-state index >= 15 is 0 Å². The van der Waals surface area contributed by atoms with Gasteiger partial charge in [0.2, 0.25) is 0 Å². The Hall–Kier alpha value is 0.210. The molecule has 0 aromatic heterocycles. The Morgan fingerprint density at radius 3 is 1.50 bits per heavy atom. The first-order valence-corrected chi connectivity index (χ1v) is 12.0. The highest BCUT2D eigenvalue weighted by molar-refractivity contribution is 6.18. The smallest absolute Gasteiger partial charge is 0.0678 e. The summed E-state index contributed by atoms with van der Waals surface area (Å²) in [5.74, 6) is 0.666. The summed E-state index contributed by atoms with van der Waals surface area (Å²) in [6.45, 7) is 6.42. The number of halogens is 1. The molecule has 0 spiro atoms. The zero-order valence-electron chi connectivity index (χ0n) is 18.1. The highest BCUT2D eigenvalue weighted by atomic mass is 35.5. The monoisotopic (exact) mass is 389 g/mol. The van der Waals surface area contributed by atoms with Crippen molar-refractivity contribution in [3.63, 3.8) is 0 Å². The van der Waals surface area contributed by atoms with Gasteiger partial charge < -0.3 is 10.8 Å². The van der Waals surface area contributed by atoms with Gasteiger partial charge in [-0.15, -0.1) is 11.6 Å². The van der Waals surface area contributed by atoms with Gasteiger partial charge in [-0.2, -0.15) is 0 Å². The van der Waals surface area contributed by atoms with Crippen molar-refractivity contribution in [2.45, 2.75) is 135 Å². The van der Waals surface area contributed by atoms with Crippen molar-refractivity contribution in [1.82, 2.24) is 0 Å². The normalized spacial score (nSPS) is 14.5. The minimum absolute atomic E-state index is 0.233. The average molecular weight is 390 g/mol. The fraction of sp³-hybridized carbons (Fsp3) is 1.00. The minimum Gasteiger partial charge on any atom is -0.392 e. The number of hydrogen-bond donors (Lipinski definition) is 2. The van der Waals surface area contributed by atoms with Crippen LogP contribution in [0.15, 0.2) is 0 Å². The molecule has 0 saturated carbocycles. The van der Waals surface area contributed by atoms with Gasteiger partial charge in [-0.25, -0.2) is 0 Å². The van der Waals surface area contributed by atoms with E-state index in [9.17, 15) is 5.11 Å². The average Bonchev–Trinajstić information content (AvgIpc) is 2.59. The van der Waals surface area contributed by atoms with Gasteiger partial charge in [0.1, 0.15) is 0 Å². The summed E-state index contributed by atoms with van der Waals surface area (Å²) in [6, 6.07) is 0. The summed E-state index contributed by atoms with van der Waals surface area (Å²) in [6.07, 6.45) is 20.8. The SMILES string of the molecule is CCCCCCCCCCCCCCCCC(CC(O)CCl)C(C)(C)N. The maximum Gasteiger partial charge on any atom is 0.0678 e. The molecule has 158 valence electrons. The summed E-state index contributed by atoms with van der Waals surface area (Å²) in [4.78, 5) is 0. The first-order chi connectivity index (χ1) is 12.4. The van der Waals surface area contributed by atoms with E-state index in [-0.39, 0.29) is 5.54 Å². The molecule has 0 aliphatic heterocycles. The molecule has 0 aromatic rings. The summed E-state index contributed by atoms with van der Waals surface area (Å²) in [7, 11) is 0. The van der Waals surface area contributed by atoms with Gasteiger partial charge in [0.15, 0.2) is 0 Å². The van der Waals surface area contributed by atoms with Crippen LogP contribution < -0.4 is 5.73 Å². The molecule has 0 radical (unpaired) electrons. The molecular formula is C23H48ClNO. The minimum atomic E-state index is -0.420. The quantitative estimate of drug-likeness (QED) is 0.181.